The second kappa shape index (κ2) is 34.1. The molecule has 0 heterocycles. The molecule has 8 nitrogen and oxygen atoms in total. The molecular formula is C38H69O8P. The fraction of sp³-hybridized carbons (Fsp3) is 0.789. The van der Waals surface area contributed by atoms with E-state index in [1.807, 2.05) is 0 Å². The van der Waals surface area contributed by atoms with Gasteiger partial charge in [0.1, 0.15) is 6.61 Å². The average molecular weight is 685 g/mol. The van der Waals surface area contributed by atoms with Crippen LogP contribution in [0.2, 0.25) is 0 Å². The van der Waals surface area contributed by atoms with Gasteiger partial charge in [-0.1, -0.05) is 121 Å². The molecule has 0 aromatic heterocycles. The molecule has 0 saturated carbocycles. The van der Waals surface area contributed by atoms with Gasteiger partial charge in [0.2, 0.25) is 0 Å². The van der Waals surface area contributed by atoms with E-state index in [9.17, 15) is 19.0 Å². The minimum atomic E-state index is -4.27. The predicted octanol–water partition coefficient (Wildman–Crippen LogP) is 11.3. The maximum atomic E-state index is 12.5. The van der Waals surface area contributed by atoms with Gasteiger partial charge in [0.15, 0.2) is 6.10 Å². The SMILES string of the molecule is CCC/C=C\CCCCCCCC(=O)OCC(COP(=O)(O)OCC)OC(=O)CCCCCCCCC/C=C\C/C=C\CCCCC. The molecule has 2 unspecified atom stereocenters. The molecule has 0 aliphatic heterocycles. The summed E-state index contributed by atoms with van der Waals surface area (Å²) in [7, 11) is -4.27. The molecule has 47 heavy (non-hydrogen) atoms. The lowest BCUT2D eigenvalue weighted by Gasteiger charge is -2.19. The number of hydrogen-bond donors (Lipinski definition) is 1. The van der Waals surface area contributed by atoms with Gasteiger partial charge in [-0.3, -0.25) is 18.6 Å². The number of carbonyl (C=O) groups is 2. The molecule has 2 atom stereocenters. The standard InChI is InChI=1S/C38H69O8P/c1-4-7-9-11-13-15-17-18-19-20-21-22-23-25-27-29-31-33-38(40)46-36(35-45-47(41,42)44-6-3)34-43-37(39)32-30-28-26-24-16-14-12-10-8-5-2/h10,12-13,15,18-19,36H,4-9,11,14,16-17,20-35H2,1-3H3,(H,41,42)/b12-10-,15-13-,19-18-. The number of hydrogen-bond acceptors (Lipinski definition) is 7. The highest BCUT2D eigenvalue weighted by Crippen LogP contribution is 2.43. The van der Waals surface area contributed by atoms with Crippen LogP contribution in [0.15, 0.2) is 36.5 Å². The summed E-state index contributed by atoms with van der Waals surface area (Å²) in [5.41, 5.74) is 0. The van der Waals surface area contributed by atoms with Crippen molar-refractivity contribution < 1.29 is 37.6 Å². The Balaban J connectivity index is 4.16. The van der Waals surface area contributed by atoms with E-state index < -0.39 is 26.5 Å². The number of allylic oxidation sites excluding steroid dienone is 6. The van der Waals surface area contributed by atoms with Crippen LogP contribution in [0.3, 0.4) is 0 Å². The molecule has 0 fully saturated rings. The van der Waals surface area contributed by atoms with Gasteiger partial charge in [0.25, 0.3) is 0 Å². The molecule has 0 saturated heterocycles. The van der Waals surface area contributed by atoms with Crippen LogP contribution >= 0.6 is 7.82 Å². The van der Waals surface area contributed by atoms with Crippen molar-refractivity contribution in [1.29, 1.82) is 0 Å². The Kier molecular flexibility index (Phi) is 32.9. The van der Waals surface area contributed by atoms with Gasteiger partial charge in [-0.15, -0.1) is 0 Å². The summed E-state index contributed by atoms with van der Waals surface area (Å²) in [6.45, 7) is 5.35. The largest absolute Gasteiger partial charge is 0.472 e. The molecule has 0 bridgehead atoms. The van der Waals surface area contributed by atoms with E-state index in [0.29, 0.717) is 6.42 Å². The summed E-state index contributed by atoms with van der Waals surface area (Å²) in [4.78, 5) is 34.5. The predicted molar refractivity (Wildman–Crippen MR) is 193 cm³/mol. The highest BCUT2D eigenvalue weighted by Gasteiger charge is 2.25. The van der Waals surface area contributed by atoms with Gasteiger partial charge in [-0.25, -0.2) is 4.57 Å². The van der Waals surface area contributed by atoms with Gasteiger partial charge >= 0.3 is 19.8 Å². The van der Waals surface area contributed by atoms with Crippen LogP contribution in [0, 0.1) is 0 Å². The molecule has 0 amide bonds. The molecule has 0 aromatic rings. The van der Waals surface area contributed by atoms with Crippen molar-refractivity contribution in [2.24, 2.45) is 0 Å². The third kappa shape index (κ3) is 33.9. The third-order valence-electron chi connectivity index (χ3n) is 7.65. The number of unbranched alkanes of at least 4 members (excludes halogenated alkanes) is 16. The second-order valence-electron chi connectivity index (χ2n) is 12.2. The summed E-state index contributed by atoms with van der Waals surface area (Å²) in [5.74, 6) is -0.821. The van der Waals surface area contributed by atoms with Gasteiger partial charge in [-0.2, -0.15) is 0 Å². The summed E-state index contributed by atoms with van der Waals surface area (Å²) in [6, 6.07) is 0. The van der Waals surface area contributed by atoms with E-state index in [4.69, 9.17) is 18.5 Å². The quantitative estimate of drug-likeness (QED) is 0.0309. The van der Waals surface area contributed by atoms with E-state index in [1.165, 1.54) is 51.4 Å². The number of carbonyl (C=O) groups excluding carboxylic acids is 2. The van der Waals surface area contributed by atoms with Crippen molar-refractivity contribution in [3.8, 4) is 0 Å². The first-order valence-electron chi connectivity index (χ1n) is 18.8. The summed E-state index contributed by atoms with van der Waals surface area (Å²) in [5, 5.41) is 0. The number of ether oxygens (including phenoxy) is 2. The van der Waals surface area contributed by atoms with Crippen molar-refractivity contribution in [2.75, 3.05) is 19.8 Å². The molecule has 9 heteroatoms. The van der Waals surface area contributed by atoms with Crippen LogP contribution in [-0.4, -0.2) is 42.8 Å². The lowest BCUT2D eigenvalue weighted by atomic mass is 10.1. The van der Waals surface area contributed by atoms with Crippen LogP contribution in [0.25, 0.3) is 0 Å². The van der Waals surface area contributed by atoms with E-state index in [1.54, 1.807) is 6.92 Å². The van der Waals surface area contributed by atoms with Crippen molar-refractivity contribution >= 4 is 19.8 Å². The second-order valence-corrected chi connectivity index (χ2v) is 13.7. The molecule has 0 rings (SSSR count). The average Bonchev–Trinajstić information content (AvgIpc) is 3.04. The van der Waals surface area contributed by atoms with E-state index in [0.717, 1.165) is 77.0 Å². The summed E-state index contributed by atoms with van der Waals surface area (Å²) in [6.07, 6.45) is 36.3. The highest BCUT2D eigenvalue weighted by molar-refractivity contribution is 7.47. The molecule has 0 spiro atoms. The van der Waals surface area contributed by atoms with Crippen molar-refractivity contribution in [2.45, 2.75) is 175 Å². The zero-order valence-corrected chi connectivity index (χ0v) is 31.1. The molecule has 0 aromatic carbocycles. The Morgan fingerprint density at radius 2 is 1.06 bits per heavy atom. The molecular weight excluding hydrogens is 615 g/mol. The Bertz CT molecular complexity index is 870. The fourth-order valence-electron chi connectivity index (χ4n) is 4.90. The van der Waals surface area contributed by atoms with Crippen LogP contribution in [0.1, 0.15) is 168 Å². The van der Waals surface area contributed by atoms with E-state index >= 15 is 0 Å². The Morgan fingerprint density at radius 3 is 1.62 bits per heavy atom. The highest BCUT2D eigenvalue weighted by atomic mass is 31.2. The van der Waals surface area contributed by atoms with Crippen LogP contribution < -0.4 is 0 Å². The molecule has 274 valence electrons. The van der Waals surface area contributed by atoms with Gasteiger partial charge < -0.3 is 14.4 Å². The third-order valence-corrected chi connectivity index (χ3v) is 8.71. The monoisotopic (exact) mass is 684 g/mol. The maximum absolute atomic E-state index is 12.5. The van der Waals surface area contributed by atoms with Gasteiger partial charge in [0, 0.05) is 12.8 Å². The van der Waals surface area contributed by atoms with Crippen molar-refractivity contribution in [1.82, 2.24) is 0 Å². The van der Waals surface area contributed by atoms with Gasteiger partial charge in [-0.05, 0) is 71.1 Å². The lowest BCUT2D eigenvalue weighted by molar-refractivity contribution is -0.161. The zero-order chi connectivity index (χ0) is 34.7. The Labute approximate surface area is 287 Å². The first-order chi connectivity index (χ1) is 22.8. The number of phosphoric ester groups is 1. The molecule has 0 radical (unpaired) electrons. The van der Waals surface area contributed by atoms with E-state index in [2.05, 4.69) is 50.3 Å². The van der Waals surface area contributed by atoms with Crippen molar-refractivity contribution in [3.05, 3.63) is 36.5 Å². The topological polar surface area (TPSA) is 108 Å². The summed E-state index contributed by atoms with van der Waals surface area (Å²) < 4.78 is 32.5. The minimum absolute atomic E-state index is 0.00303. The van der Waals surface area contributed by atoms with Crippen LogP contribution in [0.4, 0.5) is 0 Å². The lowest BCUT2D eigenvalue weighted by Crippen LogP contribution is -2.29. The molecule has 0 aliphatic rings. The van der Waals surface area contributed by atoms with Crippen molar-refractivity contribution in [3.63, 3.8) is 0 Å². The van der Waals surface area contributed by atoms with Gasteiger partial charge in [0.05, 0.1) is 13.2 Å². The zero-order valence-electron chi connectivity index (χ0n) is 30.2. The molecule has 0 aliphatic carbocycles. The number of esters is 2. The number of rotatable bonds is 34. The first kappa shape index (κ1) is 45.3. The van der Waals surface area contributed by atoms with Crippen LogP contribution in [-0.2, 0) is 32.7 Å². The minimum Gasteiger partial charge on any atom is -0.462 e. The smallest absolute Gasteiger partial charge is 0.462 e. The Hall–Kier alpha value is -1.73. The Morgan fingerprint density at radius 1 is 0.574 bits per heavy atom. The molecule has 1 N–H and O–H groups in total. The maximum Gasteiger partial charge on any atom is 0.472 e. The summed E-state index contributed by atoms with van der Waals surface area (Å²) >= 11 is 0. The number of phosphoric acid groups is 1. The van der Waals surface area contributed by atoms with Crippen LogP contribution in [0.5, 0.6) is 0 Å². The first-order valence-corrected chi connectivity index (χ1v) is 20.3. The van der Waals surface area contributed by atoms with E-state index in [-0.39, 0.29) is 32.0 Å². The normalized spacial score (nSPS) is 13.9. The fourth-order valence-corrected chi connectivity index (χ4v) is 5.65.